The van der Waals surface area contributed by atoms with Gasteiger partial charge < -0.3 is 19.9 Å². The second-order valence-electron chi connectivity index (χ2n) is 4.84. The molecule has 1 aliphatic rings. The number of anilines is 2. The van der Waals surface area contributed by atoms with Crippen molar-refractivity contribution in [1.82, 2.24) is 14.9 Å². The Kier molecular flexibility index (Phi) is 5.59. The third-order valence-electron chi connectivity index (χ3n) is 3.29. The number of nitrogens with zero attached hydrogens (tertiary/aromatic N) is 4. The molecule has 1 amide bonds. The minimum atomic E-state index is -0.239. The van der Waals surface area contributed by atoms with E-state index in [1.54, 1.807) is 11.1 Å². The molecule has 0 aliphatic carbocycles. The summed E-state index contributed by atoms with van der Waals surface area (Å²) >= 11 is 0. The van der Waals surface area contributed by atoms with Gasteiger partial charge in [-0.25, -0.2) is 9.78 Å². The molecule has 7 nitrogen and oxygen atoms in total. The third-order valence-corrected chi connectivity index (χ3v) is 3.29. The van der Waals surface area contributed by atoms with Crippen molar-refractivity contribution in [2.24, 2.45) is 0 Å². The molecular weight excluding hydrogens is 270 g/mol. The van der Waals surface area contributed by atoms with Gasteiger partial charge in [0, 0.05) is 38.9 Å². The average molecular weight is 293 g/mol. The van der Waals surface area contributed by atoms with Crippen molar-refractivity contribution in [1.29, 1.82) is 0 Å². The van der Waals surface area contributed by atoms with Gasteiger partial charge in [-0.1, -0.05) is 6.92 Å². The van der Waals surface area contributed by atoms with Gasteiger partial charge in [0.1, 0.15) is 5.82 Å². The lowest BCUT2D eigenvalue weighted by molar-refractivity contribution is 0.105. The Morgan fingerprint density at radius 2 is 2.10 bits per heavy atom. The summed E-state index contributed by atoms with van der Waals surface area (Å²) in [4.78, 5) is 24.3. The van der Waals surface area contributed by atoms with Crippen LogP contribution in [-0.2, 0) is 4.74 Å². The first-order chi connectivity index (χ1) is 10.2. The second-order valence-corrected chi connectivity index (χ2v) is 4.84. The topological polar surface area (TPSA) is 70.6 Å². The minimum absolute atomic E-state index is 0.239. The monoisotopic (exact) mass is 293 g/mol. The summed E-state index contributed by atoms with van der Waals surface area (Å²) in [5.41, 5.74) is 0. The molecule has 116 valence electrons. The smallest absolute Gasteiger partial charge is 0.409 e. The molecule has 1 fully saturated rings. The van der Waals surface area contributed by atoms with Crippen LogP contribution in [0.2, 0.25) is 0 Å². The Balaban J connectivity index is 1.91. The van der Waals surface area contributed by atoms with E-state index in [2.05, 4.69) is 27.1 Å². The molecule has 7 heteroatoms. The fourth-order valence-electron chi connectivity index (χ4n) is 2.16. The number of ether oxygens (including phenoxy) is 1. The second kappa shape index (κ2) is 7.66. The predicted octanol–water partition coefficient (Wildman–Crippen LogP) is 1.58. The van der Waals surface area contributed by atoms with Gasteiger partial charge in [0.15, 0.2) is 0 Å². The van der Waals surface area contributed by atoms with Crippen LogP contribution in [0.25, 0.3) is 0 Å². The number of piperazine rings is 1. The van der Waals surface area contributed by atoms with Crippen LogP contribution >= 0.6 is 0 Å². The fourth-order valence-corrected chi connectivity index (χ4v) is 2.16. The van der Waals surface area contributed by atoms with Crippen LogP contribution in [0.5, 0.6) is 0 Å². The van der Waals surface area contributed by atoms with Crippen LogP contribution in [0.4, 0.5) is 16.6 Å². The van der Waals surface area contributed by atoms with Crippen molar-refractivity contribution in [3.63, 3.8) is 0 Å². The first-order valence-corrected chi connectivity index (χ1v) is 7.48. The summed E-state index contributed by atoms with van der Waals surface area (Å²) in [6.07, 6.45) is 2.58. The molecule has 0 radical (unpaired) electrons. The number of carbonyl (C=O) groups is 1. The van der Waals surface area contributed by atoms with Crippen molar-refractivity contribution in [3.8, 4) is 0 Å². The van der Waals surface area contributed by atoms with Crippen LogP contribution in [0.15, 0.2) is 12.3 Å². The summed E-state index contributed by atoms with van der Waals surface area (Å²) in [6, 6.07) is 1.87. The molecule has 1 aromatic rings. The summed E-state index contributed by atoms with van der Waals surface area (Å²) in [5, 5.41) is 3.26. The highest BCUT2D eigenvalue weighted by molar-refractivity contribution is 5.68. The van der Waals surface area contributed by atoms with Crippen LogP contribution in [-0.4, -0.2) is 60.3 Å². The molecular formula is C14H23N5O2. The normalized spacial score (nSPS) is 15.0. The highest BCUT2D eigenvalue weighted by Crippen LogP contribution is 2.14. The number of amides is 1. The van der Waals surface area contributed by atoms with Gasteiger partial charge in [0.2, 0.25) is 5.95 Å². The molecule has 0 unspecified atom stereocenters. The number of carbonyl (C=O) groups excluding carboxylic acids is 1. The van der Waals surface area contributed by atoms with E-state index in [0.29, 0.717) is 25.6 Å². The Morgan fingerprint density at radius 3 is 2.76 bits per heavy atom. The molecule has 1 saturated heterocycles. The van der Waals surface area contributed by atoms with Crippen LogP contribution in [0.3, 0.4) is 0 Å². The fraction of sp³-hybridized carbons (Fsp3) is 0.643. The van der Waals surface area contributed by atoms with E-state index in [-0.39, 0.29) is 6.09 Å². The third kappa shape index (κ3) is 4.21. The molecule has 2 heterocycles. The lowest BCUT2D eigenvalue weighted by Gasteiger charge is -2.34. The molecule has 2 rings (SSSR count). The van der Waals surface area contributed by atoms with E-state index in [1.165, 1.54) is 0 Å². The van der Waals surface area contributed by atoms with Gasteiger partial charge in [-0.3, -0.25) is 0 Å². The summed E-state index contributed by atoms with van der Waals surface area (Å²) < 4.78 is 5.01. The van der Waals surface area contributed by atoms with Crippen molar-refractivity contribution in [2.45, 2.75) is 20.3 Å². The number of nitrogens with one attached hydrogen (secondary N) is 1. The molecule has 1 aromatic heterocycles. The molecule has 0 saturated carbocycles. The lowest BCUT2D eigenvalue weighted by atomic mass is 10.3. The Hall–Kier alpha value is -2.05. The molecule has 1 aliphatic heterocycles. The van der Waals surface area contributed by atoms with Crippen LogP contribution in [0.1, 0.15) is 20.3 Å². The van der Waals surface area contributed by atoms with Crippen molar-refractivity contribution in [2.75, 3.05) is 49.5 Å². The molecule has 0 bridgehead atoms. The SMILES string of the molecule is CCCNc1ccnc(N2CCN(C(=O)OCC)CC2)n1. The van der Waals surface area contributed by atoms with E-state index >= 15 is 0 Å². The molecule has 0 aromatic carbocycles. The summed E-state index contributed by atoms with van der Waals surface area (Å²) in [5.74, 6) is 1.55. The van der Waals surface area contributed by atoms with Gasteiger partial charge in [-0.05, 0) is 19.4 Å². The van der Waals surface area contributed by atoms with E-state index in [9.17, 15) is 4.79 Å². The van der Waals surface area contributed by atoms with Crippen molar-refractivity contribution >= 4 is 17.9 Å². The zero-order valence-corrected chi connectivity index (χ0v) is 12.7. The predicted molar refractivity (Wildman–Crippen MR) is 81.6 cm³/mol. The van der Waals surface area contributed by atoms with E-state index < -0.39 is 0 Å². The first-order valence-electron chi connectivity index (χ1n) is 7.48. The van der Waals surface area contributed by atoms with Gasteiger partial charge in [0.05, 0.1) is 6.61 Å². The van der Waals surface area contributed by atoms with E-state index in [4.69, 9.17) is 4.74 Å². The quantitative estimate of drug-likeness (QED) is 0.888. The molecule has 0 spiro atoms. The number of hydrogen-bond acceptors (Lipinski definition) is 6. The zero-order chi connectivity index (χ0) is 15.1. The van der Waals surface area contributed by atoms with Crippen molar-refractivity contribution in [3.05, 3.63) is 12.3 Å². The maximum absolute atomic E-state index is 11.7. The van der Waals surface area contributed by atoms with Gasteiger partial charge >= 0.3 is 6.09 Å². The van der Waals surface area contributed by atoms with Crippen molar-refractivity contribution < 1.29 is 9.53 Å². The summed E-state index contributed by atoms with van der Waals surface area (Å²) in [6.45, 7) is 7.94. The summed E-state index contributed by atoms with van der Waals surface area (Å²) in [7, 11) is 0. The average Bonchev–Trinajstić information content (AvgIpc) is 2.53. The molecule has 21 heavy (non-hydrogen) atoms. The first kappa shape index (κ1) is 15.3. The molecule has 0 atom stereocenters. The zero-order valence-electron chi connectivity index (χ0n) is 12.7. The standard InChI is InChI=1S/C14H23N5O2/c1-3-6-15-12-5-7-16-13(17-12)18-8-10-19(11-9-18)14(20)21-4-2/h5,7H,3-4,6,8-11H2,1-2H3,(H,15,16,17). The van der Waals surface area contributed by atoms with E-state index in [0.717, 1.165) is 31.9 Å². The lowest BCUT2D eigenvalue weighted by Crippen LogP contribution is -2.49. The van der Waals surface area contributed by atoms with Crippen LogP contribution < -0.4 is 10.2 Å². The van der Waals surface area contributed by atoms with E-state index in [1.807, 2.05) is 13.0 Å². The number of hydrogen-bond donors (Lipinski definition) is 1. The molecule has 1 N–H and O–H groups in total. The van der Waals surface area contributed by atoms with Gasteiger partial charge in [-0.2, -0.15) is 4.98 Å². The highest BCUT2D eigenvalue weighted by atomic mass is 16.6. The maximum atomic E-state index is 11.7. The largest absolute Gasteiger partial charge is 0.450 e. The Bertz CT molecular complexity index is 460. The van der Waals surface area contributed by atoms with Crippen LogP contribution in [0, 0.1) is 0 Å². The Labute approximate surface area is 125 Å². The maximum Gasteiger partial charge on any atom is 0.409 e. The Morgan fingerprint density at radius 1 is 1.33 bits per heavy atom. The minimum Gasteiger partial charge on any atom is -0.450 e. The van der Waals surface area contributed by atoms with Gasteiger partial charge in [-0.15, -0.1) is 0 Å². The number of rotatable bonds is 5. The number of aromatic nitrogens is 2. The van der Waals surface area contributed by atoms with Gasteiger partial charge in [0.25, 0.3) is 0 Å². The highest BCUT2D eigenvalue weighted by Gasteiger charge is 2.23.